The van der Waals surface area contributed by atoms with Crippen LogP contribution < -0.4 is 9.46 Å². The van der Waals surface area contributed by atoms with Crippen molar-refractivity contribution in [3.63, 3.8) is 0 Å². The highest BCUT2D eigenvalue weighted by atomic mass is 35.5. The Morgan fingerprint density at radius 1 is 1.08 bits per heavy atom. The van der Waals surface area contributed by atoms with Gasteiger partial charge in [-0.05, 0) is 77.8 Å². The second-order valence-corrected chi connectivity index (χ2v) is 17.1. The lowest BCUT2D eigenvalue weighted by Crippen LogP contribution is -2.62. The summed E-state index contributed by atoms with van der Waals surface area (Å²) in [4.78, 5) is 26.1. The number of aliphatic imine (C=N–C) groups is 1. The maximum Gasteiger partial charge on any atom is 0.326 e. The van der Waals surface area contributed by atoms with Crippen LogP contribution in [-0.2, 0) is 15.6 Å². The molecule has 0 saturated carbocycles. The normalized spacial score (nSPS) is 24.7. The van der Waals surface area contributed by atoms with E-state index in [1.807, 2.05) is 51.1 Å². The van der Waals surface area contributed by atoms with Gasteiger partial charge in [-0.15, -0.1) is 0 Å². The molecule has 1 fully saturated rings. The lowest BCUT2D eigenvalue weighted by Gasteiger charge is -2.49. The third kappa shape index (κ3) is 7.46. The Labute approximate surface area is 310 Å². The van der Waals surface area contributed by atoms with Gasteiger partial charge in [0.15, 0.2) is 0 Å². The smallest absolute Gasteiger partial charge is 0.326 e. The van der Waals surface area contributed by atoms with Gasteiger partial charge in [0.1, 0.15) is 16.5 Å². The van der Waals surface area contributed by atoms with Crippen molar-refractivity contribution in [3.8, 4) is 5.75 Å². The van der Waals surface area contributed by atoms with Crippen LogP contribution in [0.5, 0.6) is 5.75 Å². The number of urea groups is 1. The van der Waals surface area contributed by atoms with E-state index in [4.69, 9.17) is 44.5 Å². The molecule has 50 heavy (non-hydrogen) atoms. The lowest BCUT2D eigenvalue weighted by molar-refractivity contribution is 0.0721. The van der Waals surface area contributed by atoms with Crippen molar-refractivity contribution in [2.45, 2.75) is 69.5 Å². The first kappa shape index (κ1) is 38.6. The van der Waals surface area contributed by atoms with Gasteiger partial charge in [0, 0.05) is 60.3 Å². The average molecular weight is 767 g/mol. The summed E-state index contributed by atoms with van der Waals surface area (Å²) in [5.41, 5.74) is -1.81. The van der Waals surface area contributed by atoms with Crippen LogP contribution >= 0.6 is 34.8 Å². The number of nitrogens with zero attached hydrogens (tertiary/aromatic N) is 4. The Hall–Kier alpha value is -2.64. The number of carbonyl (C=O) groups is 1. The van der Waals surface area contributed by atoms with Crippen molar-refractivity contribution < 1.29 is 23.1 Å². The fourth-order valence-electron chi connectivity index (χ4n) is 7.02. The molecule has 1 aliphatic carbocycles. The van der Waals surface area contributed by atoms with E-state index >= 15 is 4.79 Å². The second kappa shape index (κ2) is 14.8. The number of aliphatic hydroxyl groups excluding tert-OH is 1. The molecular weight excluding hydrogens is 721 g/mol. The molecule has 2 aromatic carbocycles. The first-order valence-electron chi connectivity index (χ1n) is 16.8. The molecule has 2 aromatic rings. The van der Waals surface area contributed by atoms with Gasteiger partial charge in [-0.2, -0.15) is 0 Å². The molecule has 2 amide bonds. The van der Waals surface area contributed by atoms with E-state index in [1.54, 1.807) is 42.7 Å². The number of ether oxygens (including phenoxy) is 1. The van der Waals surface area contributed by atoms with Crippen molar-refractivity contribution in [1.29, 1.82) is 0 Å². The van der Waals surface area contributed by atoms with E-state index in [0.29, 0.717) is 60.5 Å². The molecule has 272 valence electrons. The quantitative estimate of drug-likeness (QED) is 0.296. The summed E-state index contributed by atoms with van der Waals surface area (Å²) in [6, 6.07) is 10.0. The third-order valence-corrected chi connectivity index (χ3v) is 12.5. The maximum absolute atomic E-state index is 15.2. The molecule has 0 bridgehead atoms. The van der Waals surface area contributed by atoms with Gasteiger partial charge in [-0.25, -0.2) is 17.9 Å². The monoisotopic (exact) mass is 765 g/mol. The van der Waals surface area contributed by atoms with Crippen LogP contribution in [0.1, 0.15) is 59.1 Å². The Morgan fingerprint density at radius 2 is 1.74 bits per heavy atom. The van der Waals surface area contributed by atoms with Crippen LogP contribution in [0.2, 0.25) is 10.0 Å². The summed E-state index contributed by atoms with van der Waals surface area (Å²) in [5, 5.41) is 10.7. The van der Waals surface area contributed by atoms with E-state index in [9.17, 15) is 13.5 Å². The predicted molar refractivity (Wildman–Crippen MR) is 200 cm³/mol. The Bertz CT molecular complexity index is 1800. The molecule has 3 atom stereocenters. The summed E-state index contributed by atoms with van der Waals surface area (Å²) in [7, 11) is -4.12. The van der Waals surface area contributed by atoms with Crippen molar-refractivity contribution in [2.24, 2.45) is 10.9 Å². The molecular formula is C36H46Cl3N5O5S. The van der Waals surface area contributed by atoms with E-state index in [-0.39, 0.29) is 40.9 Å². The molecule has 1 saturated heterocycles. The number of hydrogen-bond donors (Lipinski definition) is 2. The number of allylic oxidation sites excluding steroid dienone is 3. The van der Waals surface area contributed by atoms with Gasteiger partial charge >= 0.3 is 6.03 Å². The summed E-state index contributed by atoms with van der Waals surface area (Å²) in [5.74, 6) is 0.337. The van der Waals surface area contributed by atoms with Crippen LogP contribution in [0.3, 0.4) is 0 Å². The van der Waals surface area contributed by atoms with E-state index in [0.717, 1.165) is 5.56 Å². The lowest BCUT2D eigenvalue weighted by atomic mass is 9.66. The third-order valence-electron chi connectivity index (χ3n) is 9.72. The number of piperazine rings is 1. The van der Waals surface area contributed by atoms with Crippen molar-refractivity contribution in [2.75, 3.05) is 45.9 Å². The zero-order valence-electron chi connectivity index (χ0n) is 29.3. The highest BCUT2D eigenvalue weighted by molar-refractivity contribution is 7.89. The molecule has 5 rings (SSSR count). The van der Waals surface area contributed by atoms with Gasteiger partial charge in [0.25, 0.3) is 0 Å². The number of aliphatic hydroxyl groups is 1. The van der Waals surface area contributed by atoms with Crippen molar-refractivity contribution in [1.82, 2.24) is 19.4 Å². The van der Waals surface area contributed by atoms with Crippen LogP contribution in [0.25, 0.3) is 0 Å². The number of carbonyl (C=O) groups excluding carboxylic acids is 1. The summed E-state index contributed by atoms with van der Waals surface area (Å²) >= 11 is 19.5. The van der Waals surface area contributed by atoms with Crippen molar-refractivity contribution >= 4 is 56.7 Å². The number of benzene rings is 2. The van der Waals surface area contributed by atoms with Crippen LogP contribution in [0.4, 0.5) is 4.79 Å². The standard InChI is InChI=1S/C36H46Cl3N5O5S/c1-7-49-30-23-29(39)31(50(47,48)41-34(2,3)4)22-28(30)32-40-35(5,24-8-12-26(37)13-9-24)36(6,25-10-14-27(38)15-11-25)44(32)33(46)43-18-16-42(17-19-43)20-21-45/h8,10-15,22-24,41,45H,7,9,16-21H2,1-6H3/t24?,35-,36+/m0/s1. The zero-order valence-corrected chi connectivity index (χ0v) is 32.4. The number of halogens is 3. The van der Waals surface area contributed by atoms with Crippen LogP contribution in [0.15, 0.2) is 69.5 Å². The predicted octanol–water partition coefficient (Wildman–Crippen LogP) is 6.63. The minimum absolute atomic E-state index is 0.0244. The number of rotatable bonds is 9. The Kier molecular flexibility index (Phi) is 11.4. The summed E-state index contributed by atoms with van der Waals surface area (Å²) < 4.78 is 36.4. The van der Waals surface area contributed by atoms with Gasteiger partial charge in [-0.3, -0.25) is 14.8 Å². The van der Waals surface area contributed by atoms with Crippen LogP contribution in [0, 0.1) is 5.92 Å². The number of amides is 2. The molecule has 3 aliphatic rings. The SMILES string of the molecule is CCOc1cc(Cl)c(S(=O)(=O)NC(C)(C)C)cc1C1=N[C@@](C)(C2C=CC(Cl)=CC2)[C@@](C)(c2ccc(Cl)cc2)N1C(=O)N1CCN(CCO)CC1. The molecule has 0 aromatic heterocycles. The molecule has 10 nitrogen and oxygen atoms in total. The minimum atomic E-state index is -4.12. The van der Waals surface area contributed by atoms with Crippen LogP contribution in [-0.4, -0.2) is 97.1 Å². The largest absolute Gasteiger partial charge is 0.493 e. The Morgan fingerprint density at radius 3 is 2.30 bits per heavy atom. The molecule has 2 aliphatic heterocycles. The molecule has 14 heteroatoms. The molecule has 0 spiro atoms. The van der Waals surface area contributed by atoms with E-state index < -0.39 is 26.6 Å². The van der Waals surface area contributed by atoms with Gasteiger partial charge in [0.05, 0.1) is 34.9 Å². The summed E-state index contributed by atoms with van der Waals surface area (Å²) in [6.07, 6.45) is 6.37. The fourth-order valence-corrected chi connectivity index (χ4v) is 9.28. The number of β-amino-alcohol motifs (C(OH)–C–C–N with tert-alkyl or cyclic N) is 1. The molecule has 2 N–H and O–H groups in total. The van der Waals surface area contributed by atoms with Gasteiger partial charge < -0.3 is 14.7 Å². The molecule has 0 radical (unpaired) electrons. The number of nitrogens with one attached hydrogen (secondary N) is 1. The average Bonchev–Trinajstić information content (AvgIpc) is 3.28. The van der Waals surface area contributed by atoms with Gasteiger partial charge in [0.2, 0.25) is 10.0 Å². The molecule has 2 heterocycles. The number of amidine groups is 1. The zero-order chi connectivity index (χ0) is 36.6. The first-order valence-corrected chi connectivity index (χ1v) is 19.4. The minimum Gasteiger partial charge on any atom is -0.493 e. The topological polar surface area (TPSA) is 115 Å². The number of hydrogen-bond acceptors (Lipinski definition) is 7. The molecule has 1 unspecified atom stereocenters. The first-order chi connectivity index (χ1) is 23.4. The summed E-state index contributed by atoms with van der Waals surface area (Å²) in [6.45, 7) is 13.9. The van der Waals surface area contributed by atoms with Crippen molar-refractivity contribution in [3.05, 3.63) is 80.8 Å². The number of sulfonamides is 1. The van der Waals surface area contributed by atoms with E-state index in [1.165, 1.54) is 12.1 Å². The van der Waals surface area contributed by atoms with E-state index in [2.05, 4.69) is 9.62 Å². The highest BCUT2D eigenvalue weighted by Gasteiger charge is 2.62. The Balaban J connectivity index is 1.78. The fraction of sp³-hybridized carbons (Fsp3) is 0.500. The van der Waals surface area contributed by atoms with Gasteiger partial charge in [-0.1, -0.05) is 59.1 Å². The second-order valence-electron chi connectivity index (χ2n) is 14.2. The highest BCUT2D eigenvalue weighted by Crippen LogP contribution is 2.54. The maximum atomic E-state index is 15.2.